The molecule has 0 bridgehead atoms. The van der Waals surface area contributed by atoms with Gasteiger partial charge in [-0.1, -0.05) is 30.3 Å². The molecular formula is C17H16FNO2. The van der Waals surface area contributed by atoms with E-state index in [2.05, 4.69) is 5.32 Å². The van der Waals surface area contributed by atoms with Gasteiger partial charge < -0.3 is 10.1 Å². The molecule has 4 heteroatoms. The van der Waals surface area contributed by atoms with Crippen molar-refractivity contribution in [3.63, 3.8) is 0 Å². The van der Waals surface area contributed by atoms with E-state index in [9.17, 15) is 9.18 Å². The number of hydrogen-bond acceptors (Lipinski definition) is 3. The van der Waals surface area contributed by atoms with Crippen LogP contribution in [0.5, 0.6) is 5.75 Å². The van der Waals surface area contributed by atoms with Gasteiger partial charge in [-0.3, -0.25) is 4.79 Å². The molecule has 1 unspecified atom stereocenters. The number of Topliss-reactive ketones (excluding diaryl/α,β-unsaturated/α-hetero) is 1. The maximum absolute atomic E-state index is 14.1. The zero-order valence-corrected chi connectivity index (χ0v) is 11.7. The van der Waals surface area contributed by atoms with Crippen molar-refractivity contribution >= 4 is 11.5 Å². The lowest BCUT2D eigenvalue weighted by Crippen LogP contribution is -2.28. The van der Waals surface area contributed by atoms with E-state index in [-0.39, 0.29) is 24.0 Å². The van der Waals surface area contributed by atoms with E-state index in [4.69, 9.17) is 4.74 Å². The number of methoxy groups -OCH3 is 1. The van der Waals surface area contributed by atoms with Crippen molar-refractivity contribution in [3.8, 4) is 5.75 Å². The number of anilines is 1. The van der Waals surface area contributed by atoms with Crippen molar-refractivity contribution in [1.82, 2.24) is 0 Å². The normalized spacial score (nSPS) is 16.2. The summed E-state index contributed by atoms with van der Waals surface area (Å²) in [5, 5.41) is 3.20. The molecule has 1 aliphatic heterocycles. The molecule has 0 spiro atoms. The van der Waals surface area contributed by atoms with Crippen LogP contribution in [0.1, 0.15) is 11.1 Å². The van der Waals surface area contributed by atoms with Crippen LogP contribution >= 0.6 is 0 Å². The van der Waals surface area contributed by atoms with Gasteiger partial charge in [-0.25, -0.2) is 4.39 Å². The largest absolute Gasteiger partial charge is 0.494 e. The topological polar surface area (TPSA) is 38.3 Å². The van der Waals surface area contributed by atoms with E-state index in [1.54, 1.807) is 18.2 Å². The molecule has 1 heterocycles. The number of ether oxygens (including phenoxy) is 1. The quantitative estimate of drug-likeness (QED) is 0.938. The maximum atomic E-state index is 14.1. The molecule has 3 nitrogen and oxygen atoms in total. The third-order valence-corrected chi connectivity index (χ3v) is 3.79. The lowest BCUT2D eigenvalue weighted by molar-refractivity contribution is -0.119. The number of fused-ring (bicyclic) bond motifs is 1. The number of carbonyl (C=O) groups excluding carboxylic acids is 1. The first-order valence-corrected chi connectivity index (χ1v) is 6.87. The Balaban J connectivity index is 1.74. The zero-order chi connectivity index (χ0) is 14.8. The van der Waals surface area contributed by atoms with E-state index >= 15 is 0 Å². The van der Waals surface area contributed by atoms with Gasteiger partial charge in [-0.2, -0.15) is 0 Å². The second-order valence-electron chi connectivity index (χ2n) is 5.13. The lowest BCUT2D eigenvalue weighted by atomic mass is 10.0. The SMILES string of the molecule is COc1cccc(CC(=O)C2Cc3ccccc3N2)c1F. The van der Waals surface area contributed by atoms with E-state index in [1.165, 1.54) is 7.11 Å². The maximum Gasteiger partial charge on any atom is 0.168 e. The molecule has 0 saturated heterocycles. The fourth-order valence-corrected chi connectivity index (χ4v) is 2.65. The standard InChI is InChI=1S/C17H16FNO2/c1-21-16-8-4-6-12(17(16)18)10-15(20)14-9-11-5-2-3-7-13(11)19-14/h2-8,14,19H,9-10H2,1H3. The number of nitrogens with one attached hydrogen (secondary N) is 1. The smallest absolute Gasteiger partial charge is 0.168 e. The molecule has 21 heavy (non-hydrogen) atoms. The van der Waals surface area contributed by atoms with Gasteiger partial charge in [0.1, 0.15) is 0 Å². The molecule has 2 aromatic carbocycles. The molecular weight excluding hydrogens is 269 g/mol. The Labute approximate surface area is 122 Å². The van der Waals surface area contributed by atoms with Crippen LogP contribution in [0.25, 0.3) is 0 Å². The molecule has 1 aliphatic rings. The summed E-state index contributed by atoms with van der Waals surface area (Å²) >= 11 is 0. The van der Waals surface area contributed by atoms with E-state index in [0.29, 0.717) is 12.0 Å². The molecule has 0 aliphatic carbocycles. The lowest BCUT2D eigenvalue weighted by Gasteiger charge is -2.11. The van der Waals surface area contributed by atoms with Crippen LogP contribution < -0.4 is 10.1 Å². The molecule has 108 valence electrons. The molecule has 0 aromatic heterocycles. The Morgan fingerprint density at radius 1 is 1.29 bits per heavy atom. The summed E-state index contributed by atoms with van der Waals surface area (Å²) < 4.78 is 19.0. The van der Waals surface area contributed by atoms with Crippen molar-refractivity contribution in [3.05, 3.63) is 59.4 Å². The third-order valence-electron chi connectivity index (χ3n) is 3.79. The Morgan fingerprint density at radius 2 is 2.10 bits per heavy atom. The minimum Gasteiger partial charge on any atom is -0.494 e. The number of halogens is 1. The molecule has 3 rings (SSSR count). The number of para-hydroxylation sites is 1. The summed E-state index contributed by atoms with van der Waals surface area (Å²) in [6.45, 7) is 0. The van der Waals surface area contributed by atoms with Crippen LogP contribution in [-0.2, 0) is 17.6 Å². The third kappa shape index (κ3) is 2.61. The van der Waals surface area contributed by atoms with Crippen LogP contribution in [0.2, 0.25) is 0 Å². The molecule has 0 fully saturated rings. The van der Waals surface area contributed by atoms with Crippen LogP contribution in [0.15, 0.2) is 42.5 Å². The number of ketones is 1. The van der Waals surface area contributed by atoms with Gasteiger partial charge in [0.05, 0.1) is 13.2 Å². The first-order chi connectivity index (χ1) is 10.2. The highest BCUT2D eigenvalue weighted by Crippen LogP contribution is 2.27. The Morgan fingerprint density at radius 3 is 2.86 bits per heavy atom. The Hall–Kier alpha value is -2.36. The van der Waals surface area contributed by atoms with Crippen molar-refractivity contribution < 1.29 is 13.9 Å². The summed E-state index contributed by atoms with van der Waals surface area (Å²) in [6.07, 6.45) is 0.718. The average Bonchev–Trinajstić information content (AvgIpc) is 2.93. The highest BCUT2D eigenvalue weighted by molar-refractivity contribution is 5.90. The molecule has 0 amide bonds. The number of hydrogen-bond donors (Lipinski definition) is 1. The van der Waals surface area contributed by atoms with Crippen molar-refractivity contribution in [1.29, 1.82) is 0 Å². The summed E-state index contributed by atoms with van der Waals surface area (Å²) in [5.74, 6) is -0.301. The molecule has 1 N–H and O–H groups in total. The first-order valence-electron chi connectivity index (χ1n) is 6.87. The summed E-state index contributed by atoms with van der Waals surface area (Å²) in [4.78, 5) is 12.4. The summed E-state index contributed by atoms with van der Waals surface area (Å²) in [5.41, 5.74) is 2.49. The van der Waals surface area contributed by atoms with Gasteiger partial charge in [0.15, 0.2) is 17.3 Å². The predicted molar refractivity (Wildman–Crippen MR) is 79.2 cm³/mol. The number of benzene rings is 2. The van der Waals surface area contributed by atoms with Crippen LogP contribution in [0.4, 0.5) is 10.1 Å². The number of carbonyl (C=O) groups is 1. The van der Waals surface area contributed by atoms with Gasteiger partial charge in [0.25, 0.3) is 0 Å². The van der Waals surface area contributed by atoms with Crippen LogP contribution in [-0.4, -0.2) is 18.9 Å². The minimum atomic E-state index is -0.455. The van der Waals surface area contributed by atoms with E-state index < -0.39 is 5.82 Å². The highest BCUT2D eigenvalue weighted by Gasteiger charge is 2.27. The monoisotopic (exact) mass is 285 g/mol. The summed E-state index contributed by atoms with van der Waals surface area (Å²) in [6, 6.07) is 12.4. The molecule has 0 saturated carbocycles. The van der Waals surface area contributed by atoms with Crippen molar-refractivity contribution in [2.24, 2.45) is 0 Å². The van der Waals surface area contributed by atoms with Crippen LogP contribution in [0, 0.1) is 5.82 Å². The number of rotatable bonds is 4. The van der Waals surface area contributed by atoms with Gasteiger partial charge in [0, 0.05) is 18.5 Å². The van der Waals surface area contributed by atoms with Crippen molar-refractivity contribution in [2.45, 2.75) is 18.9 Å². The first kappa shape index (κ1) is 13.6. The molecule has 1 atom stereocenters. The van der Waals surface area contributed by atoms with Gasteiger partial charge in [0.2, 0.25) is 0 Å². The predicted octanol–water partition coefficient (Wildman–Crippen LogP) is 2.98. The van der Waals surface area contributed by atoms with E-state index in [0.717, 1.165) is 11.3 Å². The second kappa shape index (κ2) is 5.56. The fraction of sp³-hybridized carbons (Fsp3) is 0.235. The second-order valence-corrected chi connectivity index (χ2v) is 5.13. The summed E-state index contributed by atoms with van der Waals surface area (Å²) in [7, 11) is 1.42. The average molecular weight is 285 g/mol. The van der Waals surface area contributed by atoms with Crippen LogP contribution in [0.3, 0.4) is 0 Å². The van der Waals surface area contributed by atoms with Gasteiger partial charge >= 0.3 is 0 Å². The Kier molecular flexibility index (Phi) is 3.60. The molecule has 2 aromatic rings. The van der Waals surface area contributed by atoms with E-state index in [1.807, 2.05) is 24.3 Å². The fourth-order valence-electron chi connectivity index (χ4n) is 2.65. The van der Waals surface area contributed by atoms with Gasteiger partial charge in [-0.05, 0) is 23.3 Å². The minimum absolute atomic E-state index is 0.0154. The Bertz CT molecular complexity index is 659. The molecule has 0 radical (unpaired) electrons. The highest BCUT2D eigenvalue weighted by atomic mass is 19.1. The van der Waals surface area contributed by atoms with Gasteiger partial charge in [-0.15, -0.1) is 0 Å². The van der Waals surface area contributed by atoms with Crippen molar-refractivity contribution in [2.75, 3.05) is 12.4 Å². The zero-order valence-electron chi connectivity index (χ0n) is 11.7.